The Morgan fingerprint density at radius 2 is 1.71 bits per heavy atom. The summed E-state index contributed by atoms with van der Waals surface area (Å²) in [5.74, 6) is -3.20. The van der Waals surface area contributed by atoms with Crippen LogP contribution in [0.3, 0.4) is 0 Å². The lowest BCUT2D eigenvalue weighted by atomic mass is 9.79. The van der Waals surface area contributed by atoms with Gasteiger partial charge in [-0.2, -0.15) is 0 Å². The first kappa shape index (κ1) is 35.5. The molecule has 1 unspecified atom stereocenters. The molecular formula is C31H29Cl2F4N3O7S. The highest BCUT2D eigenvalue weighted by atomic mass is 35.5. The van der Waals surface area contributed by atoms with Gasteiger partial charge < -0.3 is 19.1 Å². The lowest BCUT2D eigenvalue weighted by molar-refractivity contribution is -0.275. The van der Waals surface area contributed by atoms with E-state index in [0.29, 0.717) is 10.4 Å². The number of carbonyl (C=O) groups is 2. The molecule has 10 nitrogen and oxygen atoms in total. The topological polar surface area (TPSA) is 106 Å². The van der Waals surface area contributed by atoms with Gasteiger partial charge in [-0.3, -0.25) is 14.5 Å². The number of methoxy groups -OCH3 is 2. The Labute approximate surface area is 283 Å². The van der Waals surface area contributed by atoms with Crippen molar-refractivity contribution in [1.82, 2.24) is 9.80 Å². The van der Waals surface area contributed by atoms with Gasteiger partial charge in [0.25, 0.3) is 15.9 Å². The van der Waals surface area contributed by atoms with E-state index in [-0.39, 0.29) is 50.3 Å². The van der Waals surface area contributed by atoms with Gasteiger partial charge in [0.05, 0.1) is 25.9 Å². The van der Waals surface area contributed by atoms with Crippen LogP contribution in [0.25, 0.3) is 0 Å². The molecule has 2 aliphatic heterocycles. The maximum atomic E-state index is 15.5. The van der Waals surface area contributed by atoms with Crippen LogP contribution < -0.4 is 18.5 Å². The summed E-state index contributed by atoms with van der Waals surface area (Å²) in [6, 6.07) is 7.97. The molecule has 48 heavy (non-hydrogen) atoms. The van der Waals surface area contributed by atoms with Crippen LogP contribution in [0.5, 0.6) is 17.2 Å². The molecule has 258 valence electrons. The number of hydrogen-bond acceptors (Lipinski definition) is 8. The number of nitrogens with zero attached hydrogens (tertiary/aromatic N) is 3. The molecule has 0 bridgehead atoms. The number of benzene rings is 3. The fourth-order valence-corrected chi connectivity index (χ4v) is 8.24. The van der Waals surface area contributed by atoms with Crippen molar-refractivity contribution in [3.63, 3.8) is 0 Å². The number of sulfonamides is 1. The molecule has 2 amide bonds. The molecule has 5 rings (SSSR count). The van der Waals surface area contributed by atoms with E-state index in [0.717, 1.165) is 19.2 Å². The van der Waals surface area contributed by atoms with E-state index in [1.54, 1.807) is 0 Å². The molecule has 0 aromatic heterocycles. The van der Waals surface area contributed by atoms with Crippen molar-refractivity contribution in [2.24, 2.45) is 0 Å². The molecule has 1 saturated heterocycles. The summed E-state index contributed by atoms with van der Waals surface area (Å²) in [7, 11) is 0.0157. The summed E-state index contributed by atoms with van der Waals surface area (Å²) in [5, 5.41) is 0.145. The Hall–Kier alpha value is -3.79. The van der Waals surface area contributed by atoms with Crippen molar-refractivity contribution in [3.05, 3.63) is 75.3 Å². The van der Waals surface area contributed by atoms with Crippen molar-refractivity contribution in [1.29, 1.82) is 0 Å². The Kier molecular flexibility index (Phi) is 9.31. The Bertz CT molecular complexity index is 1910. The quantitative estimate of drug-likeness (QED) is 0.272. The number of fused-ring (bicyclic) bond motifs is 1. The van der Waals surface area contributed by atoms with Crippen LogP contribution in [-0.4, -0.2) is 83.5 Å². The maximum absolute atomic E-state index is 15.5. The van der Waals surface area contributed by atoms with Crippen LogP contribution in [0.1, 0.15) is 23.1 Å². The maximum Gasteiger partial charge on any atom is 0.573 e. The van der Waals surface area contributed by atoms with E-state index in [9.17, 15) is 26.4 Å². The predicted molar refractivity (Wildman–Crippen MR) is 168 cm³/mol. The average molecular weight is 735 g/mol. The van der Waals surface area contributed by atoms with E-state index >= 15 is 9.18 Å². The molecule has 1 fully saturated rings. The Morgan fingerprint density at radius 3 is 2.31 bits per heavy atom. The fraction of sp³-hybridized carbons (Fsp3) is 0.355. The molecule has 2 heterocycles. The van der Waals surface area contributed by atoms with Gasteiger partial charge in [-0.05, 0) is 55.0 Å². The van der Waals surface area contributed by atoms with Crippen LogP contribution in [0, 0.1) is 6.92 Å². The highest BCUT2D eigenvalue weighted by Crippen LogP contribution is 2.57. The molecule has 0 radical (unpaired) electrons. The minimum atomic E-state index is -5.34. The van der Waals surface area contributed by atoms with Gasteiger partial charge >= 0.3 is 6.36 Å². The minimum Gasteiger partial charge on any atom is -0.497 e. The second-order valence-electron chi connectivity index (χ2n) is 11.3. The van der Waals surface area contributed by atoms with E-state index in [2.05, 4.69) is 4.74 Å². The summed E-state index contributed by atoms with van der Waals surface area (Å²) in [5.41, 5.74) is -2.62. The Balaban J connectivity index is 1.91. The van der Waals surface area contributed by atoms with Crippen LogP contribution in [0.2, 0.25) is 10.0 Å². The molecular weight excluding hydrogens is 705 g/mol. The summed E-state index contributed by atoms with van der Waals surface area (Å²) >= 11 is 13.0. The van der Waals surface area contributed by atoms with E-state index in [1.807, 2.05) is 0 Å². The van der Waals surface area contributed by atoms with Gasteiger partial charge in [0.15, 0.2) is 11.3 Å². The van der Waals surface area contributed by atoms with Crippen LogP contribution >= 0.6 is 23.2 Å². The smallest absolute Gasteiger partial charge is 0.497 e. The van der Waals surface area contributed by atoms with Crippen molar-refractivity contribution < 1.29 is 49.8 Å². The van der Waals surface area contributed by atoms with E-state index in [1.165, 1.54) is 68.3 Å². The molecule has 0 N–H and O–H groups in total. The highest BCUT2D eigenvalue weighted by molar-refractivity contribution is 7.93. The normalized spacial score (nSPS) is 21.3. The zero-order valence-electron chi connectivity index (χ0n) is 26.1. The summed E-state index contributed by atoms with van der Waals surface area (Å²) < 4.78 is 100. The number of hydrogen-bond donors (Lipinski definition) is 0. The summed E-state index contributed by atoms with van der Waals surface area (Å²) in [6.45, 7) is 0.962. The first-order valence-corrected chi connectivity index (χ1v) is 16.4. The van der Waals surface area contributed by atoms with Crippen molar-refractivity contribution in [3.8, 4) is 17.2 Å². The van der Waals surface area contributed by atoms with Gasteiger partial charge in [0.2, 0.25) is 5.91 Å². The van der Waals surface area contributed by atoms with E-state index in [4.69, 9.17) is 32.7 Å². The number of likely N-dealkylation sites (tertiary alicyclic amines) is 1. The second-order valence-corrected chi connectivity index (χ2v) is 13.9. The first-order chi connectivity index (χ1) is 22.4. The van der Waals surface area contributed by atoms with Crippen LogP contribution in [0.4, 0.5) is 23.2 Å². The number of halogens is 6. The van der Waals surface area contributed by atoms with Gasteiger partial charge in [0.1, 0.15) is 22.6 Å². The van der Waals surface area contributed by atoms with Gasteiger partial charge in [-0.15, -0.1) is 13.2 Å². The van der Waals surface area contributed by atoms with Gasteiger partial charge in [0, 0.05) is 54.3 Å². The number of rotatable bonds is 8. The summed E-state index contributed by atoms with van der Waals surface area (Å²) in [6.07, 6.45) is -7.36. The molecule has 2 aliphatic rings. The number of carbonyl (C=O) groups excluding carboxylic acids is 2. The minimum absolute atomic E-state index is 0.0150. The molecule has 17 heteroatoms. The monoisotopic (exact) mass is 733 g/mol. The van der Waals surface area contributed by atoms with Gasteiger partial charge in [-0.1, -0.05) is 23.2 Å². The number of amides is 2. The standard InChI is InChI=1S/C31H29Cl2F4N3O7S/c1-16-21(33)8-9-22-27(16)30(20-12-17(32)6-10-24(20)46-5,39-15-18(34)13-23(39)28(41)38(2)3)29(42)40(22)48(43,44)26-11-7-19(45-4)14-25(26)47-31(35,36)37/h6-12,14,18,23H,13,15H2,1-5H3/t18-,23+,30?/m1/s1. The first-order valence-electron chi connectivity index (χ1n) is 14.2. The van der Waals surface area contributed by atoms with Gasteiger partial charge in [-0.25, -0.2) is 17.1 Å². The lowest BCUT2D eigenvalue weighted by Crippen LogP contribution is -2.59. The zero-order chi connectivity index (χ0) is 35.5. The average Bonchev–Trinajstić information content (AvgIpc) is 3.52. The fourth-order valence-electron chi connectivity index (χ4n) is 6.35. The lowest BCUT2D eigenvalue weighted by Gasteiger charge is -2.42. The molecule has 0 spiro atoms. The van der Waals surface area contributed by atoms with Crippen molar-refractivity contribution >= 4 is 50.7 Å². The molecule has 3 aromatic rings. The highest BCUT2D eigenvalue weighted by Gasteiger charge is 2.65. The van der Waals surface area contributed by atoms with Crippen LogP contribution in [0.15, 0.2) is 53.4 Å². The number of anilines is 1. The molecule has 3 aromatic carbocycles. The number of ether oxygens (including phenoxy) is 3. The van der Waals surface area contributed by atoms with Crippen molar-refractivity contribution in [2.75, 3.05) is 39.2 Å². The number of likely N-dealkylation sites (N-methyl/N-ethyl adjacent to an activating group) is 1. The second kappa shape index (κ2) is 12.6. The SMILES string of the molecule is COc1ccc(S(=O)(=O)N2C(=O)C(c3cc(Cl)ccc3OC)(N3C[C@H](F)C[C@H]3C(=O)N(C)C)c3c2ccc(Cl)c3C)c(OC(F)(F)F)c1. The summed E-state index contributed by atoms with van der Waals surface area (Å²) in [4.78, 5) is 30.4. The third-order valence-electron chi connectivity index (χ3n) is 8.30. The van der Waals surface area contributed by atoms with Crippen molar-refractivity contribution in [2.45, 2.75) is 42.4 Å². The Morgan fingerprint density at radius 1 is 1.02 bits per heavy atom. The molecule has 3 atom stereocenters. The third kappa shape index (κ3) is 5.69. The zero-order valence-corrected chi connectivity index (χ0v) is 28.4. The number of alkyl halides is 4. The third-order valence-corrected chi connectivity index (χ3v) is 10.7. The molecule has 0 aliphatic carbocycles. The predicted octanol–water partition coefficient (Wildman–Crippen LogP) is 5.70. The largest absolute Gasteiger partial charge is 0.573 e. The van der Waals surface area contributed by atoms with Crippen LogP contribution in [-0.2, 0) is 25.2 Å². The van der Waals surface area contributed by atoms with E-state index < -0.39 is 63.1 Å². The molecule has 0 saturated carbocycles.